The van der Waals surface area contributed by atoms with Crippen LogP contribution in [0.25, 0.3) is 0 Å². The van der Waals surface area contributed by atoms with Crippen molar-refractivity contribution >= 4 is 21.8 Å². The van der Waals surface area contributed by atoms with Crippen molar-refractivity contribution in [3.8, 4) is 5.75 Å². The quantitative estimate of drug-likeness (QED) is 0.870. The highest BCUT2D eigenvalue weighted by Gasteiger charge is 2.14. The monoisotopic (exact) mass is 328 g/mol. The molecule has 1 unspecified atom stereocenters. The summed E-state index contributed by atoms with van der Waals surface area (Å²) in [5.41, 5.74) is 6.66. The highest BCUT2D eigenvalue weighted by molar-refractivity contribution is 9.10. The van der Waals surface area contributed by atoms with Crippen LogP contribution in [0.15, 0.2) is 22.7 Å². The van der Waals surface area contributed by atoms with Crippen LogP contribution in [0.3, 0.4) is 0 Å². The van der Waals surface area contributed by atoms with Crippen molar-refractivity contribution in [3.63, 3.8) is 0 Å². The van der Waals surface area contributed by atoms with Gasteiger partial charge < -0.3 is 15.4 Å². The molecule has 0 saturated heterocycles. The zero-order chi connectivity index (χ0) is 14.4. The lowest BCUT2D eigenvalue weighted by molar-refractivity contribution is -0.131. The van der Waals surface area contributed by atoms with Crippen LogP contribution < -0.4 is 10.5 Å². The van der Waals surface area contributed by atoms with E-state index in [1.807, 2.05) is 25.1 Å². The Kier molecular flexibility index (Phi) is 6.31. The molecule has 2 N–H and O–H groups in total. The fourth-order valence-electron chi connectivity index (χ4n) is 1.70. The Hall–Kier alpha value is -1.07. The minimum Gasteiger partial charge on any atom is -0.496 e. The predicted octanol–water partition coefficient (Wildman–Crippen LogP) is 2.20. The second kappa shape index (κ2) is 7.50. The van der Waals surface area contributed by atoms with E-state index in [-0.39, 0.29) is 11.9 Å². The summed E-state index contributed by atoms with van der Waals surface area (Å²) in [5.74, 6) is 0.911. The molecular formula is C14H21BrN2O2. The molecule has 0 aliphatic rings. The molecule has 0 bridgehead atoms. The molecule has 19 heavy (non-hydrogen) atoms. The van der Waals surface area contributed by atoms with Gasteiger partial charge >= 0.3 is 0 Å². The number of carbonyl (C=O) groups is 1. The first-order chi connectivity index (χ1) is 8.99. The fraction of sp³-hybridized carbons (Fsp3) is 0.500. The first kappa shape index (κ1) is 16.0. The van der Waals surface area contributed by atoms with E-state index in [2.05, 4.69) is 15.9 Å². The van der Waals surface area contributed by atoms with Crippen LogP contribution in [-0.2, 0) is 11.2 Å². The maximum atomic E-state index is 12.0. The summed E-state index contributed by atoms with van der Waals surface area (Å²) in [4.78, 5) is 13.7. The molecule has 0 aliphatic carbocycles. The molecule has 0 saturated carbocycles. The molecule has 1 aromatic rings. The van der Waals surface area contributed by atoms with Gasteiger partial charge in [-0.3, -0.25) is 4.79 Å². The van der Waals surface area contributed by atoms with Crippen LogP contribution in [0.5, 0.6) is 5.75 Å². The highest BCUT2D eigenvalue weighted by Crippen LogP contribution is 2.26. The van der Waals surface area contributed by atoms with Gasteiger partial charge in [0.1, 0.15) is 5.75 Å². The van der Waals surface area contributed by atoms with Gasteiger partial charge in [-0.1, -0.05) is 6.07 Å². The number of nitrogens with zero attached hydrogens (tertiary/aromatic N) is 1. The lowest BCUT2D eigenvalue weighted by atomic mass is 10.1. The highest BCUT2D eigenvalue weighted by atomic mass is 79.9. The van der Waals surface area contributed by atoms with E-state index < -0.39 is 0 Å². The van der Waals surface area contributed by atoms with Crippen LogP contribution >= 0.6 is 15.9 Å². The number of nitrogens with two attached hydrogens (primary N) is 1. The Morgan fingerprint density at radius 3 is 2.74 bits per heavy atom. The maximum Gasteiger partial charge on any atom is 0.222 e. The first-order valence-corrected chi connectivity index (χ1v) is 7.07. The van der Waals surface area contributed by atoms with Gasteiger partial charge in [0.25, 0.3) is 0 Å². The average molecular weight is 329 g/mol. The van der Waals surface area contributed by atoms with Crippen LogP contribution in [0.2, 0.25) is 0 Å². The van der Waals surface area contributed by atoms with Crippen molar-refractivity contribution in [2.75, 3.05) is 20.7 Å². The van der Waals surface area contributed by atoms with Gasteiger partial charge in [0.05, 0.1) is 11.6 Å². The van der Waals surface area contributed by atoms with Crippen LogP contribution in [0, 0.1) is 0 Å². The van der Waals surface area contributed by atoms with Gasteiger partial charge in [-0.15, -0.1) is 0 Å². The molecule has 1 rings (SSSR count). The van der Waals surface area contributed by atoms with Gasteiger partial charge in [0.2, 0.25) is 5.91 Å². The van der Waals surface area contributed by atoms with Crippen molar-refractivity contribution in [3.05, 3.63) is 28.2 Å². The first-order valence-electron chi connectivity index (χ1n) is 6.27. The Morgan fingerprint density at radius 1 is 1.53 bits per heavy atom. The van der Waals surface area contributed by atoms with Crippen molar-refractivity contribution in [2.24, 2.45) is 5.73 Å². The molecule has 0 aliphatic heterocycles. The van der Waals surface area contributed by atoms with Crippen LogP contribution in [0.1, 0.15) is 18.9 Å². The van der Waals surface area contributed by atoms with E-state index in [0.717, 1.165) is 15.8 Å². The number of benzene rings is 1. The third-order valence-electron chi connectivity index (χ3n) is 3.24. The molecular weight excluding hydrogens is 308 g/mol. The average Bonchev–Trinajstić information content (AvgIpc) is 2.43. The molecule has 1 aromatic carbocycles. The number of methoxy groups -OCH3 is 1. The summed E-state index contributed by atoms with van der Waals surface area (Å²) < 4.78 is 6.08. The molecule has 0 spiro atoms. The van der Waals surface area contributed by atoms with Gasteiger partial charge in [-0.25, -0.2) is 0 Å². The molecule has 4 nitrogen and oxygen atoms in total. The standard InChI is InChI=1S/C14H21BrN2O2/c1-10(9-16)17(2)14(18)7-5-11-4-6-13(19-3)12(15)8-11/h4,6,8,10H,5,7,9,16H2,1-3H3. The molecule has 0 aromatic heterocycles. The SMILES string of the molecule is COc1ccc(CCC(=O)N(C)C(C)CN)cc1Br. The topological polar surface area (TPSA) is 55.6 Å². The minimum atomic E-state index is 0.0788. The number of ether oxygens (including phenoxy) is 1. The van der Waals surface area contributed by atoms with Crippen molar-refractivity contribution in [2.45, 2.75) is 25.8 Å². The Bertz CT molecular complexity index is 437. The molecule has 5 heteroatoms. The summed E-state index contributed by atoms with van der Waals surface area (Å²) in [6.45, 7) is 2.43. The number of halogens is 1. The summed E-state index contributed by atoms with van der Waals surface area (Å²) in [7, 11) is 3.43. The van der Waals surface area contributed by atoms with E-state index in [9.17, 15) is 4.79 Å². The van der Waals surface area contributed by atoms with E-state index in [0.29, 0.717) is 19.4 Å². The molecule has 1 amide bonds. The number of aryl methyl sites for hydroxylation is 1. The van der Waals surface area contributed by atoms with Gasteiger partial charge in [-0.2, -0.15) is 0 Å². The number of likely N-dealkylation sites (N-methyl/N-ethyl adjacent to an activating group) is 1. The third kappa shape index (κ3) is 4.51. The van der Waals surface area contributed by atoms with Crippen LogP contribution in [-0.4, -0.2) is 37.6 Å². The number of amides is 1. The van der Waals surface area contributed by atoms with Crippen molar-refractivity contribution in [1.82, 2.24) is 4.90 Å². The fourth-order valence-corrected chi connectivity index (χ4v) is 2.29. The minimum absolute atomic E-state index is 0.0788. The van der Waals surface area contributed by atoms with Gasteiger partial charge in [0.15, 0.2) is 0 Å². The number of rotatable bonds is 6. The second-order valence-corrected chi connectivity index (χ2v) is 5.41. The Morgan fingerprint density at radius 2 is 2.21 bits per heavy atom. The largest absolute Gasteiger partial charge is 0.496 e. The summed E-state index contributed by atoms with van der Waals surface area (Å²) in [5, 5.41) is 0. The molecule has 1 atom stereocenters. The number of hydrogen-bond acceptors (Lipinski definition) is 3. The summed E-state index contributed by atoms with van der Waals surface area (Å²) in [6, 6.07) is 5.94. The zero-order valence-electron chi connectivity index (χ0n) is 11.6. The number of hydrogen-bond donors (Lipinski definition) is 1. The van der Waals surface area contributed by atoms with E-state index >= 15 is 0 Å². The molecule has 0 fully saturated rings. The molecule has 106 valence electrons. The van der Waals surface area contributed by atoms with Gasteiger partial charge in [0, 0.05) is 26.1 Å². The second-order valence-electron chi connectivity index (χ2n) is 4.56. The molecule has 0 radical (unpaired) electrons. The smallest absolute Gasteiger partial charge is 0.222 e. The van der Waals surface area contributed by atoms with E-state index in [4.69, 9.17) is 10.5 Å². The van der Waals surface area contributed by atoms with E-state index in [1.54, 1.807) is 19.1 Å². The van der Waals surface area contributed by atoms with Crippen molar-refractivity contribution < 1.29 is 9.53 Å². The predicted molar refractivity (Wildman–Crippen MR) is 80.3 cm³/mol. The zero-order valence-corrected chi connectivity index (χ0v) is 13.2. The lowest BCUT2D eigenvalue weighted by Crippen LogP contribution is -2.39. The third-order valence-corrected chi connectivity index (χ3v) is 3.86. The van der Waals surface area contributed by atoms with Crippen molar-refractivity contribution in [1.29, 1.82) is 0 Å². The summed E-state index contributed by atoms with van der Waals surface area (Å²) >= 11 is 3.44. The Balaban J connectivity index is 2.57. The Labute approximate surface area is 123 Å². The molecule has 0 heterocycles. The maximum absolute atomic E-state index is 12.0. The van der Waals surface area contributed by atoms with Gasteiger partial charge in [-0.05, 0) is 47.0 Å². The number of carbonyl (C=O) groups excluding carboxylic acids is 1. The lowest BCUT2D eigenvalue weighted by Gasteiger charge is -2.23. The summed E-state index contributed by atoms with van der Waals surface area (Å²) in [6.07, 6.45) is 1.20. The van der Waals surface area contributed by atoms with Crippen LogP contribution in [0.4, 0.5) is 0 Å². The normalized spacial score (nSPS) is 12.1. The van der Waals surface area contributed by atoms with E-state index in [1.165, 1.54) is 0 Å².